The van der Waals surface area contributed by atoms with Crippen LogP contribution in [0.1, 0.15) is 25.3 Å². The summed E-state index contributed by atoms with van der Waals surface area (Å²) in [6.07, 6.45) is 2.03. The van der Waals surface area contributed by atoms with Crippen LogP contribution in [0.4, 0.5) is 11.4 Å². The van der Waals surface area contributed by atoms with Gasteiger partial charge < -0.3 is 10.2 Å². The number of hydrogen-bond acceptors (Lipinski definition) is 4. The number of anilines is 1. The predicted octanol–water partition coefficient (Wildman–Crippen LogP) is 2.48. The van der Waals surface area contributed by atoms with E-state index in [1.54, 1.807) is 12.1 Å². The SMILES string of the molecule is CCCN(c1cc(C)ccc1[N+](=O)[O-])C1CCNC1. The first kappa shape index (κ1) is 13.8. The maximum atomic E-state index is 11.2. The number of nitrogens with one attached hydrogen (secondary N) is 1. The van der Waals surface area contributed by atoms with E-state index in [-0.39, 0.29) is 10.6 Å². The second-order valence-electron chi connectivity index (χ2n) is 5.09. The van der Waals surface area contributed by atoms with Crippen LogP contribution in [0.5, 0.6) is 0 Å². The fourth-order valence-electron chi connectivity index (χ4n) is 2.66. The van der Waals surface area contributed by atoms with E-state index in [2.05, 4.69) is 17.1 Å². The molecule has 1 aliphatic heterocycles. The van der Waals surface area contributed by atoms with Crippen molar-refractivity contribution in [3.8, 4) is 0 Å². The average molecular weight is 263 g/mol. The Morgan fingerprint density at radius 3 is 2.89 bits per heavy atom. The van der Waals surface area contributed by atoms with Crippen LogP contribution in [0.25, 0.3) is 0 Å². The van der Waals surface area contributed by atoms with Crippen LogP contribution in [0.15, 0.2) is 18.2 Å². The molecular formula is C14H21N3O2. The van der Waals surface area contributed by atoms with Gasteiger partial charge >= 0.3 is 0 Å². The Labute approximate surface area is 113 Å². The predicted molar refractivity (Wildman–Crippen MR) is 76.7 cm³/mol. The summed E-state index contributed by atoms with van der Waals surface area (Å²) >= 11 is 0. The highest BCUT2D eigenvalue weighted by atomic mass is 16.6. The van der Waals surface area contributed by atoms with Gasteiger partial charge in [-0.1, -0.05) is 13.0 Å². The summed E-state index contributed by atoms with van der Waals surface area (Å²) in [6, 6.07) is 5.72. The first-order chi connectivity index (χ1) is 9.13. The second-order valence-corrected chi connectivity index (χ2v) is 5.09. The second kappa shape index (κ2) is 6.02. The quantitative estimate of drug-likeness (QED) is 0.655. The van der Waals surface area contributed by atoms with Crippen molar-refractivity contribution in [1.82, 2.24) is 5.32 Å². The van der Waals surface area contributed by atoms with E-state index in [9.17, 15) is 10.1 Å². The van der Waals surface area contributed by atoms with E-state index in [4.69, 9.17) is 0 Å². The number of nitro benzene ring substituents is 1. The summed E-state index contributed by atoms with van der Waals surface area (Å²) in [4.78, 5) is 13.1. The van der Waals surface area contributed by atoms with Crippen LogP contribution in [0.2, 0.25) is 0 Å². The molecule has 1 atom stereocenters. The van der Waals surface area contributed by atoms with Gasteiger partial charge in [-0.3, -0.25) is 10.1 Å². The topological polar surface area (TPSA) is 58.4 Å². The highest BCUT2D eigenvalue weighted by Crippen LogP contribution is 2.31. The van der Waals surface area contributed by atoms with Crippen molar-refractivity contribution in [2.45, 2.75) is 32.7 Å². The summed E-state index contributed by atoms with van der Waals surface area (Å²) in [5.41, 5.74) is 2.04. The van der Waals surface area contributed by atoms with Gasteiger partial charge in [0.25, 0.3) is 5.69 Å². The molecule has 1 aliphatic rings. The van der Waals surface area contributed by atoms with Gasteiger partial charge in [0.05, 0.1) is 4.92 Å². The van der Waals surface area contributed by atoms with Gasteiger partial charge in [0.15, 0.2) is 0 Å². The van der Waals surface area contributed by atoms with Crippen molar-refractivity contribution in [2.75, 3.05) is 24.5 Å². The van der Waals surface area contributed by atoms with Gasteiger partial charge in [-0.2, -0.15) is 0 Å². The van der Waals surface area contributed by atoms with Crippen LogP contribution in [0, 0.1) is 17.0 Å². The summed E-state index contributed by atoms with van der Waals surface area (Å²) in [7, 11) is 0. The van der Waals surface area contributed by atoms with E-state index < -0.39 is 0 Å². The minimum Gasteiger partial charge on any atom is -0.362 e. The molecule has 19 heavy (non-hydrogen) atoms. The van der Waals surface area contributed by atoms with Gasteiger partial charge in [0, 0.05) is 25.2 Å². The normalized spacial score (nSPS) is 18.5. The molecule has 2 rings (SSSR count). The molecule has 1 aromatic rings. The summed E-state index contributed by atoms with van der Waals surface area (Å²) in [5.74, 6) is 0. The summed E-state index contributed by atoms with van der Waals surface area (Å²) < 4.78 is 0. The zero-order valence-corrected chi connectivity index (χ0v) is 11.6. The molecule has 1 fully saturated rings. The molecule has 104 valence electrons. The highest BCUT2D eigenvalue weighted by Gasteiger charge is 2.27. The van der Waals surface area contributed by atoms with Crippen molar-refractivity contribution < 1.29 is 4.92 Å². The van der Waals surface area contributed by atoms with Crippen molar-refractivity contribution in [3.63, 3.8) is 0 Å². The third-order valence-electron chi connectivity index (χ3n) is 3.58. The molecule has 0 amide bonds. The molecule has 1 N–H and O–H groups in total. The fourth-order valence-corrected chi connectivity index (χ4v) is 2.66. The van der Waals surface area contributed by atoms with Gasteiger partial charge in [-0.15, -0.1) is 0 Å². The lowest BCUT2D eigenvalue weighted by molar-refractivity contribution is -0.384. The van der Waals surface area contributed by atoms with E-state index >= 15 is 0 Å². The average Bonchev–Trinajstić information content (AvgIpc) is 2.89. The van der Waals surface area contributed by atoms with E-state index in [1.165, 1.54) is 0 Å². The van der Waals surface area contributed by atoms with Gasteiger partial charge in [-0.05, 0) is 37.9 Å². The lowest BCUT2D eigenvalue weighted by atomic mass is 10.1. The third-order valence-corrected chi connectivity index (χ3v) is 3.58. The molecule has 0 radical (unpaired) electrons. The Balaban J connectivity index is 2.39. The zero-order chi connectivity index (χ0) is 13.8. The van der Waals surface area contributed by atoms with E-state index in [1.807, 2.05) is 13.0 Å². The van der Waals surface area contributed by atoms with Crippen LogP contribution < -0.4 is 10.2 Å². The smallest absolute Gasteiger partial charge is 0.292 e. The Bertz CT molecular complexity index is 456. The first-order valence-corrected chi connectivity index (χ1v) is 6.86. The molecule has 0 bridgehead atoms. The van der Waals surface area contributed by atoms with Crippen LogP contribution in [-0.4, -0.2) is 30.6 Å². The van der Waals surface area contributed by atoms with Gasteiger partial charge in [-0.25, -0.2) is 0 Å². The van der Waals surface area contributed by atoms with Crippen molar-refractivity contribution in [1.29, 1.82) is 0 Å². The van der Waals surface area contributed by atoms with Crippen LogP contribution >= 0.6 is 0 Å². The molecule has 1 unspecified atom stereocenters. The van der Waals surface area contributed by atoms with Crippen molar-refractivity contribution >= 4 is 11.4 Å². The highest BCUT2D eigenvalue weighted by molar-refractivity contribution is 5.65. The number of hydrogen-bond donors (Lipinski definition) is 1. The number of benzene rings is 1. The maximum Gasteiger partial charge on any atom is 0.292 e. The molecule has 1 aromatic carbocycles. The molecule has 0 aromatic heterocycles. The molecule has 5 heteroatoms. The molecule has 5 nitrogen and oxygen atoms in total. The zero-order valence-electron chi connectivity index (χ0n) is 11.6. The Hall–Kier alpha value is -1.62. The number of nitrogens with zero attached hydrogens (tertiary/aromatic N) is 2. The minimum atomic E-state index is -0.278. The Morgan fingerprint density at radius 2 is 2.32 bits per heavy atom. The number of aryl methyl sites for hydroxylation is 1. The molecule has 0 saturated carbocycles. The first-order valence-electron chi connectivity index (χ1n) is 6.86. The summed E-state index contributed by atoms with van der Waals surface area (Å²) in [6.45, 7) is 6.84. The molecular weight excluding hydrogens is 242 g/mol. The minimum absolute atomic E-state index is 0.214. The Morgan fingerprint density at radius 1 is 1.53 bits per heavy atom. The van der Waals surface area contributed by atoms with Crippen LogP contribution in [-0.2, 0) is 0 Å². The lowest BCUT2D eigenvalue weighted by Gasteiger charge is -2.30. The monoisotopic (exact) mass is 263 g/mol. The van der Waals surface area contributed by atoms with E-state index in [0.717, 1.165) is 43.7 Å². The van der Waals surface area contributed by atoms with Gasteiger partial charge in [0.2, 0.25) is 0 Å². The van der Waals surface area contributed by atoms with Crippen molar-refractivity contribution in [3.05, 3.63) is 33.9 Å². The molecule has 1 heterocycles. The van der Waals surface area contributed by atoms with Crippen molar-refractivity contribution in [2.24, 2.45) is 0 Å². The van der Waals surface area contributed by atoms with Crippen LogP contribution in [0.3, 0.4) is 0 Å². The van der Waals surface area contributed by atoms with Gasteiger partial charge in [0.1, 0.15) is 5.69 Å². The largest absolute Gasteiger partial charge is 0.362 e. The summed E-state index contributed by atoms with van der Waals surface area (Å²) in [5, 5.41) is 14.6. The standard InChI is InChI=1S/C14H21N3O2/c1-3-8-16(12-6-7-15-10-12)14-9-11(2)4-5-13(14)17(18)19/h4-5,9,12,15H,3,6-8,10H2,1-2H3. The number of nitro groups is 1. The lowest BCUT2D eigenvalue weighted by Crippen LogP contribution is -2.38. The fraction of sp³-hybridized carbons (Fsp3) is 0.571. The molecule has 0 aliphatic carbocycles. The maximum absolute atomic E-state index is 11.2. The Kier molecular flexibility index (Phi) is 4.37. The molecule has 1 saturated heterocycles. The van der Waals surface area contributed by atoms with E-state index in [0.29, 0.717) is 6.04 Å². The third kappa shape index (κ3) is 3.04. The molecule has 0 spiro atoms. The number of rotatable bonds is 5.